The van der Waals surface area contributed by atoms with Crippen molar-refractivity contribution < 1.29 is 0 Å². The summed E-state index contributed by atoms with van der Waals surface area (Å²) >= 11 is 3.72. The molecule has 106 valence electrons. The molecule has 0 amide bonds. The number of likely N-dealkylation sites (tertiary alicyclic amines) is 1. The standard InChI is InChI=1S/C15H24BrN3/c1-17-10-12-6-7-15(14(16)9-12)19(3)13-5-4-8-18(2)11-13/h6-7,9,13,17H,4-5,8,10-11H2,1-3H3. The second-order valence-electron chi connectivity index (χ2n) is 5.49. The van der Waals surface area contributed by atoms with E-state index in [-0.39, 0.29) is 0 Å². The molecule has 0 aliphatic carbocycles. The van der Waals surface area contributed by atoms with Crippen molar-refractivity contribution in [1.29, 1.82) is 0 Å². The maximum atomic E-state index is 3.72. The summed E-state index contributed by atoms with van der Waals surface area (Å²) in [6.07, 6.45) is 2.58. The summed E-state index contributed by atoms with van der Waals surface area (Å²) in [6, 6.07) is 7.27. The Morgan fingerprint density at radius 2 is 2.26 bits per heavy atom. The van der Waals surface area contributed by atoms with Gasteiger partial charge in [-0.2, -0.15) is 0 Å². The first-order chi connectivity index (χ1) is 9.11. The molecular formula is C15H24BrN3. The van der Waals surface area contributed by atoms with Crippen molar-refractivity contribution in [3.05, 3.63) is 28.2 Å². The van der Waals surface area contributed by atoms with E-state index in [9.17, 15) is 0 Å². The van der Waals surface area contributed by atoms with Crippen LogP contribution in [0.3, 0.4) is 0 Å². The zero-order valence-electron chi connectivity index (χ0n) is 12.1. The maximum Gasteiger partial charge on any atom is 0.0511 e. The van der Waals surface area contributed by atoms with Gasteiger partial charge in [0.25, 0.3) is 0 Å². The van der Waals surface area contributed by atoms with Crippen LogP contribution in [0.1, 0.15) is 18.4 Å². The molecule has 0 aromatic heterocycles. The summed E-state index contributed by atoms with van der Waals surface area (Å²) in [7, 11) is 6.40. The molecule has 1 saturated heterocycles. The Balaban J connectivity index is 2.12. The van der Waals surface area contributed by atoms with Crippen LogP contribution in [-0.4, -0.2) is 45.2 Å². The quantitative estimate of drug-likeness (QED) is 0.918. The van der Waals surface area contributed by atoms with Crippen LogP contribution in [0, 0.1) is 0 Å². The second-order valence-corrected chi connectivity index (χ2v) is 6.34. The third-order valence-electron chi connectivity index (χ3n) is 3.92. The Morgan fingerprint density at radius 1 is 1.47 bits per heavy atom. The van der Waals surface area contributed by atoms with E-state index in [1.54, 1.807) is 0 Å². The fraction of sp³-hybridized carbons (Fsp3) is 0.600. The molecule has 4 heteroatoms. The molecule has 1 aromatic carbocycles. The van der Waals surface area contributed by atoms with Crippen molar-refractivity contribution in [1.82, 2.24) is 10.2 Å². The lowest BCUT2D eigenvalue weighted by molar-refractivity contribution is 0.248. The van der Waals surface area contributed by atoms with Gasteiger partial charge in [0.2, 0.25) is 0 Å². The molecule has 2 rings (SSSR count). The molecule has 0 radical (unpaired) electrons. The summed E-state index contributed by atoms with van der Waals surface area (Å²) in [6.45, 7) is 3.29. The SMILES string of the molecule is CNCc1ccc(N(C)C2CCCN(C)C2)c(Br)c1. The fourth-order valence-electron chi connectivity index (χ4n) is 2.80. The number of hydrogen-bond donors (Lipinski definition) is 1. The summed E-state index contributed by atoms with van der Waals surface area (Å²) in [4.78, 5) is 4.84. The molecule has 1 fully saturated rings. The van der Waals surface area contributed by atoms with Crippen LogP contribution in [0.4, 0.5) is 5.69 Å². The number of nitrogens with zero attached hydrogens (tertiary/aromatic N) is 2. The normalized spacial score (nSPS) is 20.5. The highest BCUT2D eigenvalue weighted by Crippen LogP contribution is 2.29. The van der Waals surface area contributed by atoms with Crippen molar-refractivity contribution in [2.75, 3.05) is 39.1 Å². The van der Waals surface area contributed by atoms with Crippen LogP contribution in [-0.2, 0) is 6.54 Å². The van der Waals surface area contributed by atoms with E-state index in [4.69, 9.17) is 0 Å². The second kappa shape index (κ2) is 6.73. The van der Waals surface area contributed by atoms with Gasteiger partial charge in [0, 0.05) is 30.7 Å². The van der Waals surface area contributed by atoms with Crippen molar-refractivity contribution >= 4 is 21.6 Å². The van der Waals surface area contributed by atoms with E-state index >= 15 is 0 Å². The minimum atomic E-state index is 0.616. The lowest BCUT2D eigenvalue weighted by Gasteiger charge is -2.37. The van der Waals surface area contributed by atoms with Crippen molar-refractivity contribution in [3.8, 4) is 0 Å². The van der Waals surface area contributed by atoms with E-state index < -0.39 is 0 Å². The number of anilines is 1. The number of piperidine rings is 1. The molecule has 1 aromatic rings. The first-order valence-electron chi connectivity index (χ1n) is 6.96. The average Bonchev–Trinajstić information content (AvgIpc) is 2.38. The van der Waals surface area contributed by atoms with Gasteiger partial charge >= 0.3 is 0 Å². The van der Waals surface area contributed by atoms with E-state index in [1.807, 2.05) is 7.05 Å². The van der Waals surface area contributed by atoms with Gasteiger partial charge in [-0.25, -0.2) is 0 Å². The number of halogens is 1. The smallest absolute Gasteiger partial charge is 0.0511 e. The molecule has 1 aliphatic rings. The van der Waals surface area contributed by atoms with Crippen LogP contribution in [0.15, 0.2) is 22.7 Å². The molecule has 0 spiro atoms. The molecule has 0 bridgehead atoms. The van der Waals surface area contributed by atoms with E-state index in [0.29, 0.717) is 6.04 Å². The number of nitrogens with one attached hydrogen (secondary N) is 1. The monoisotopic (exact) mass is 325 g/mol. The largest absolute Gasteiger partial charge is 0.369 e. The van der Waals surface area contributed by atoms with Gasteiger partial charge in [-0.1, -0.05) is 6.07 Å². The molecular weight excluding hydrogens is 302 g/mol. The predicted molar refractivity (Wildman–Crippen MR) is 85.8 cm³/mol. The summed E-state index contributed by atoms with van der Waals surface area (Å²) < 4.78 is 1.19. The van der Waals surface area contributed by atoms with Gasteiger partial charge in [-0.05, 0) is 67.1 Å². The van der Waals surface area contributed by atoms with E-state index in [2.05, 4.69) is 63.3 Å². The number of likely N-dealkylation sites (N-methyl/N-ethyl adjacent to an activating group) is 2. The number of rotatable bonds is 4. The zero-order chi connectivity index (χ0) is 13.8. The van der Waals surface area contributed by atoms with Crippen molar-refractivity contribution in [3.63, 3.8) is 0 Å². The Hall–Kier alpha value is -0.580. The summed E-state index contributed by atoms with van der Waals surface area (Å²) in [5.74, 6) is 0. The Bertz CT molecular complexity index is 422. The van der Waals surface area contributed by atoms with Crippen molar-refractivity contribution in [2.24, 2.45) is 0 Å². The molecule has 3 nitrogen and oxygen atoms in total. The first-order valence-corrected chi connectivity index (χ1v) is 7.75. The molecule has 0 saturated carbocycles. The lowest BCUT2D eigenvalue weighted by Crippen LogP contribution is -2.45. The topological polar surface area (TPSA) is 18.5 Å². The first kappa shape index (κ1) is 14.8. The number of benzene rings is 1. The molecule has 1 N–H and O–H groups in total. The van der Waals surface area contributed by atoms with Gasteiger partial charge in [0.15, 0.2) is 0 Å². The van der Waals surface area contributed by atoms with E-state index in [1.165, 1.54) is 35.1 Å². The van der Waals surface area contributed by atoms with Gasteiger partial charge in [-0.3, -0.25) is 0 Å². The fourth-order valence-corrected chi connectivity index (χ4v) is 3.51. The Kier molecular flexibility index (Phi) is 5.25. The van der Waals surface area contributed by atoms with Crippen LogP contribution in [0.5, 0.6) is 0 Å². The van der Waals surface area contributed by atoms with Gasteiger partial charge in [0.1, 0.15) is 0 Å². The minimum absolute atomic E-state index is 0.616. The van der Waals surface area contributed by atoms with Gasteiger partial charge in [0.05, 0.1) is 5.69 Å². The summed E-state index contributed by atoms with van der Waals surface area (Å²) in [5.41, 5.74) is 2.60. The Labute approximate surface area is 125 Å². The summed E-state index contributed by atoms with van der Waals surface area (Å²) in [5, 5.41) is 3.19. The van der Waals surface area contributed by atoms with Crippen LogP contribution in [0.2, 0.25) is 0 Å². The molecule has 1 aliphatic heterocycles. The molecule has 1 unspecified atom stereocenters. The van der Waals surface area contributed by atoms with Crippen LogP contribution < -0.4 is 10.2 Å². The van der Waals surface area contributed by atoms with Gasteiger partial charge in [-0.15, -0.1) is 0 Å². The highest BCUT2D eigenvalue weighted by atomic mass is 79.9. The Morgan fingerprint density at radius 3 is 2.89 bits per heavy atom. The lowest BCUT2D eigenvalue weighted by atomic mass is 10.0. The third-order valence-corrected chi connectivity index (χ3v) is 4.56. The van der Waals surface area contributed by atoms with Crippen LogP contribution >= 0.6 is 15.9 Å². The highest BCUT2D eigenvalue weighted by Gasteiger charge is 2.22. The molecule has 1 heterocycles. The van der Waals surface area contributed by atoms with Gasteiger partial charge < -0.3 is 15.1 Å². The van der Waals surface area contributed by atoms with Crippen LogP contribution in [0.25, 0.3) is 0 Å². The molecule has 1 atom stereocenters. The zero-order valence-corrected chi connectivity index (χ0v) is 13.7. The van der Waals surface area contributed by atoms with Crippen molar-refractivity contribution in [2.45, 2.75) is 25.4 Å². The third kappa shape index (κ3) is 3.71. The average molecular weight is 326 g/mol. The predicted octanol–water partition coefficient (Wildman–Crippen LogP) is 2.70. The highest BCUT2D eigenvalue weighted by molar-refractivity contribution is 9.10. The van der Waals surface area contributed by atoms with E-state index in [0.717, 1.165) is 13.1 Å². The molecule has 19 heavy (non-hydrogen) atoms. The minimum Gasteiger partial charge on any atom is -0.369 e. The maximum absolute atomic E-state index is 3.72. The number of hydrogen-bond acceptors (Lipinski definition) is 3.